The number of carbonyl (C=O) groups is 1. The van der Waals surface area contributed by atoms with Crippen LogP contribution in [0.4, 0.5) is 0 Å². The van der Waals surface area contributed by atoms with Crippen molar-refractivity contribution in [2.45, 2.75) is 19.4 Å². The van der Waals surface area contributed by atoms with Gasteiger partial charge in [-0.15, -0.1) is 0 Å². The van der Waals surface area contributed by atoms with Gasteiger partial charge in [0.05, 0.1) is 25.0 Å². The molecular weight excluding hydrogens is 322 g/mol. The number of benzene rings is 1. The van der Waals surface area contributed by atoms with Crippen LogP contribution in [-0.2, 0) is 18.3 Å². The van der Waals surface area contributed by atoms with Crippen molar-refractivity contribution in [1.29, 1.82) is 0 Å². The van der Waals surface area contributed by atoms with E-state index in [2.05, 4.69) is 5.10 Å². The molecule has 0 aliphatic carbocycles. The summed E-state index contributed by atoms with van der Waals surface area (Å²) in [5.41, 5.74) is 2.83. The molecule has 25 heavy (non-hydrogen) atoms. The molecule has 2 aromatic rings. The Labute approximate surface area is 146 Å². The first-order chi connectivity index (χ1) is 12.2. The molecule has 0 radical (unpaired) electrons. The normalized spacial score (nSPS) is 18.3. The van der Waals surface area contributed by atoms with Gasteiger partial charge < -0.3 is 19.1 Å². The molecule has 0 N–H and O–H groups in total. The van der Waals surface area contributed by atoms with Gasteiger partial charge in [-0.2, -0.15) is 5.10 Å². The van der Waals surface area contributed by atoms with Crippen molar-refractivity contribution in [2.75, 3.05) is 26.6 Å². The maximum absolute atomic E-state index is 13.0. The zero-order valence-corrected chi connectivity index (χ0v) is 14.4. The molecule has 0 saturated carbocycles. The standard InChI is InChI=1S/C18H21N3O4/c1-3-23-10-13-8-21(9-15-14(13)7-19-20(15)2)18(22)12-4-5-16-17(6-12)25-11-24-16/h4-7,13H,3,8-11H2,1-2H3/t13-/m0/s1. The molecule has 4 rings (SSSR count). The Morgan fingerprint density at radius 1 is 1.36 bits per heavy atom. The summed E-state index contributed by atoms with van der Waals surface area (Å²) >= 11 is 0. The van der Waals surface area contributed by atoms with Crippen LogP contribution in [-0.4, -0.2) is 47.1 Å². The van der Waals surface area contributed by atoms with E-state index in [-0.39, 0.29) is 18.6 Å². The summed E-state index contributed by atoms with van der Waals surface area (Å²) in [5, 5.41) is 4.36. The van der Waals surface area contributed by atoms with Crippen LogP contribution in [0.25, 0.3) is 0 Å². The van der Waals surface area contributed by atoms with E-state index in [1.807, 2.05) is 29.7 Å². The monoisotopic (exact) mass is 343 g/mol. The number of amides is 1. The van der Waals surface area contributed by atoms with Crippen LogP contribution in [0.15, 0.2) is 24.4 Å². The van der Waals surface area contributed by atoms with Crippen LogP contribution >= 0.6 is 0 Å². The molecular formula is C18H21N3O4. The molecule has 0 fully saturated rings. The SMILES string of the molecule is CCOC[C@@H]1CN(C(=O)c2ccc3c(c2)OCO3)Cc2c1cnn2C. The number of rotatable bonds is 4. The third-order valence-corrected chi connectivity index (χ3v) is 4.74. The Bertz CT molecular complexity index is 802. The predicted octanol–water partition coefficient (Wildman–Crippen LogP) is 1.92. The van der Waals surface area contributed by atoms with Crippen molar-refractivity contribution in [1.82, 2.24) is 14.7 Å². The second-order valence-corrected chi connectivity index (χ2v) is 6.28. The van der Waals surface area contributed by atoms with Crippen molar-refractivity contribution in [2.24, 2.45) is 7.05 Å². The minimum atomic E-state index is -0.0216. The highest BCUT2D eigenvalue weighted by Gasteiger charge is 2.31. The number of fused-ring (bicyclic) bond motifs is 2. The number of hydrogen-bond donors (Lipinski definition) is 0. The zero-order valence-electron chi connectivity index (χ0n) is 14.4. The first-order valence-corrected chi connectivity index (χ1v) is 8.44. The minimum absolute atomic E-state index is 0.0216. The third kappa shape index (κ3) is 2.84. The van der Waals surface area contributed by atoms with Gasteiger partial charge in [-0.05, 0) is 25.1 Å². The van der Waals surface area contributed by atoms with E-state index in [1.165, 1.54) is 5.56 Å². The first kappa shape index (κ1) is 16.0. The second-order valence-electron chi connectivity index (χ2n) is 6.28. The number of aromatic nitrogens is 2. The highest BCUT2D eigenvalue weighted by Crippen LogP contribution is 2.34. The summed E-state index contributed by atoms with van der Waals surface area (Å²) in [7, 11) is 1.91. The average molecular weight is 343 g/mol. The predicted molar refractivity (Wildman–Crippen MR) is 89.7 cm³/mol. The zero-order chi connectivity index (χ0) is 17.4. The molecule has 2 aliphatic heterocycles. The summed E-state index contributed by atoms with van der Waals surface area (Å²) in [5.74, 6) is 1.41. The maximum atomic E-state index is 13.0. The molecule has 132 valence electrons. The van der Waals surface area contributed by atoms with Gasteiger partial charge in [-0.3, -0.25) is 9.48 Å². The number of ether oxygens (including phenoxy) is 3. The van der Waals surface area contributed by atoms with E-state index in [4.69, 9.17) is 14.2 Å². The number of hydrogen-bond acceptors (Lipinski definition) is 5. The van der Waals surface area contributed by atoms with Gasteiger partial charge in [0.1, 0.15) is 0 Å². The fourth-order valence-corrected chi connectivity index (χ4v) is 3.39. The van der Waals surface area contributed by atoms with E-state index >= 15 is 0 Å². The lowest BCUT2D eigenvalue weighted by Crippen LogP contribution is -2.40. The second kappa shape index (κ2) is 6.40. The summed E-state index contributed by atoms with van der Waals surface area (Å²) < 4.78 is 18.2. The van der Waals surface area contributed by atoms with E-state index in [9.17, 15) is 4.79 Å². The third-order valence-electron chi connectivity index (χ3n) is 4.74. The Morgan fingerprint density at radius 3 is 3.04 bits per heavy atom. The Morgan fingerprint density at radius 2 is 2.20 bits per heavy atom. The van der Waals surface area contributed by atoms with Gasteiger partial charge >= 0.3 is 0 Å². The molecule has 0 saturated heterocycles. The van der Waals surface area contributed by atoms with Crippen molar-refractivity contribution < 1.29 is 19.0 Å². The van der Waals surface area contributed by atoms with Gasteiger partial charge in [-0.25, -0.2) is 0 Å². The lowest BCUT2D eigenvalue weighted by Gasteiger charge is -2.33. The first-order valence-electron chi connectivity index (χ1n) is 8.44. The number of nitrogens with zero attached hydrogens (tertiary/aromatic N) is 3. The highest BCUT2D eigenvalue weighted by atomic mass is 16.7. The average Bonchev–Trinajstić information content (AvgIpc) is 3.25. The molecule has 2 aliphatic rings. The van der Waals surface area contributed by atoms with Crippen molar-refractivity contribution in [3.8, 4) is 11.5 Å². The molecule has 1 aromatic heterocycles. The fourth-order valence-electron chi connectivity index (χ4n) is 3.39. The van der Waals surface area contributed by atoms with Crippen molar-refractivity contribution >= 4 is 5.91 Å². The van der Waals surface area contributed by atoms with Crippen LogP contribution < -0.4 is 9.47 Å². The van der Waals surface area contributed by atoms with Gasteiger partial charge in [-0.1, -0.05) is 0 Å². The van der Waals surface area contributed by atoms with E-state index in [0.29, 0.717) is 43.4 Å². The van der Waals surface area contributed by atoms with E-state index < -0.39 is 0 Å². The molecule has 0 bridgehead atoms. The van der Waals surface area contributed by atoms with Crippen molar-refractivity contribution in [3.63, 3.8) is 0 Å². The minimum Gasteiger partial charge on any atom is -0.454 e. The Hall–Kier alpha value is -2.54. The van der Waals surface area contributed by atoms with Gasteiger partial charge in [0.15, 0.2) is 11.5 Å². The lowest BCUT2D eigenvalue weighted by molar-refractivity contribution is 0.0648. The summed E-state index contributed by atoms with van der Waals surface area (Å²) in [4.78, 5) is 14.9. The number of carbonyl (C=O) groups excluding carboxylic acids is 1. The topological polar surface area (TPSA) is 65.8 Å². The van der Waals surface area contributed by atoms with Gasteiger partial charge in [0, 0.05) is 37.2 Å². The fraction of sp³-hybridized carbons (Fsp3) is 0.444. The van der Waals surface area contributed by atoms with E-state index in [1.54, 1.807) is 18.2 Å². The van der Waals surface area contributed by atoms with Gasteiger partial charge in [0.2, 0.25) is 6.79 Å². The van der Waals surface area contributed by atoms with Crippen LogP contribution in [0.2, 0.25) is 0 Å². The Kier molecular flexibility index (Phi) is 4.09. The maximum Gasteiger partial charge on any atom is 0.254 e. The molecule has 1 aromatic carbocycles. The Balaban J connectivity index is 1.60. The molecule has 0 unspecified atom stereocenters. The quantitative estimate of drug-likeness (QED) is 0.849. The van der Waals surface area contributed by atoms with Crippen LogP contribution in [0, 0.1) is 0 Å². The number of aryl methyl sites for hydroxylation is 1. The molecule has 0 spiro atoms. The molecule has 1 amide bonds. The van der Waals surface area contributed by atoms with Crippen LogP contribution in [0.5, 0.6) is 11.5 Å². The van der Waals surface area contributed by atoms with Crippen molar-refractivity contribution in [3.05, 3.63) is 41.2 Å². The smallest absolute Gasteiger partial charge is 0.254 e. The molecule has 3 heterocycles. The molecule has 1 atom stereocenters. The molecule has 7 nitrogen and oxygen atoms in total. The summed E-state index contributed by atoms with van der Waals surface area (Å²) in [6, 6.07) is 5.32. The summed E-state index contributed by atoms with van der Waals surface area (Å²) in [6.07, 6.45) is 1.89. The van der Waals surface area contributed by atoms with Crippen LogP contribution in [0.1, 0.15) is 34.5 Å². The van der Waals surface area contributed by atoms with Gasteiger partial charge in [0.25, 0.3) is 5.91 Å². The molecule has 7 heteroatoms. The largest absolute Gasteiger partial charge is 0.454 e. The highest BCUT2D eigenvalue weighted by molar-refractivity contribution is 5.95. The lowest BCUT2D eigenvalue weighted by atomic mass is 9.95. The van der Waals surface area contributed by atoms with E-state index in [0.717, 1.165) is 5.69 Å². The van der Waals surface area contributed by atoms with Crippen LogP contribution in [0.3, 0.4) is 0 Å². The summed E-state index contributed by atoms with van der Waals surface area (Å²) in [6.45, 7) is 4.57.